The summed E-state index contributed by atoms with van der Waals surface area (Å²) in [5.41, 5.74) is 7.75. The number of aromatic nitrogens is 1. The predicted octanol–water partition coefficient (Wildman–Crippen LogP) is 2.15. The molecule has 2 amide bonds. The van der Waals surface area contributed by atoms with Crippen LogP contribution in [0.3, 0.4) is 0 Å². The van der Waals surface area contributed by atoms with Crippen molar-refractivity contribution in [1.29, 1.82) is 0 Å². The molecule has 4 atom stereocenters. The zero-order valence-electron chi connectivity index (χ0n) is 16.2. The summed E-state index contributed by atoms with van der Waals surface area (Å²) in [6.45, 7) is 1.61. The average Bonchev–Trinajstić information content (AvgIpc) is 3.13. The second kappa shape index (κ2) is 9.02. The molecule has 1 aromatic heterocycles. The molecule has 154 valence electrons. The van der Waals surface area contributed by atoms with Crippen molar-refractivity contribution in [3.8, 4) is 0 Å². The van der Waals surface area contributed by atoms with E-state index in [0.717, 1.165) is 5.56 Å². The van der Waals surface area contributed by atoms with Gasteiger partial charge in [-0.15, -0.1) is 0 Å². The summed E-state index contributed by atoms with van der Waals surface area (Å²) in [5, 5.41) is 23.2. The summed E-state index contributed by atoms with van der Waals surface area (Å²) < 4.78 is 0. The summed E-state index contributed by atoms with van der Waals surface area (Å²) >= 11 is 0. The van der Waals surface area contributed by atoms with Gasteiger partial charge in [0.2, 0.25) is 5.91 Å². The molecule has 3 rings (SSSR count). The molecule has 2 aromatic rings. The van der Waals surface area contributed by atoms with Crippen molar-refractivity contribution in [3.05, 3.63) is 59.9 Å². The molecule has 1 aromatic carbocycles. The number of carboxylic acid groups (broad SMARTS) is 1. The van der Waals surface area contributed by atoms with E-state index in [9.17, 15) is 19.8 Å². The van der Waals surface area contributed by atoms with Gasteiger partial charge in [-0.2, -0.15) is 0 Å². The van der Waals surface area contributed by atoms with Gasteiger partial charge in [-0.3, -0.25) is 14.7 Å². The van der Waals surface area contributed by atoms with E-state index in [4.69, 9.17) is 5.73 Å². The van der Waals surface area contributed by atoms with Crippen molar-refractivity contribution in [3.63, 3.8) is 0 Å². The van der Waals surface area contributed by atoms with Crippen LogP contribution in [0.25, 0.3) is 0 Å². The zero-order chi connectivity index (χ0) is 21.0. The molecule has 1 fully saturated rings. The number of rotatable bonds is 6. The number of pyridine rings is 1. The third-order valence-corrected chi connectivity index (χ3v) is 5.26. The Kier molecular flexibility index (Phi) is 6.46. The molecule has 2 heterocycles. The average molecular weight is 398 g/mol. The van der Waals surface area contributed by atoms with E-state index < -0.39 is 24.3 Å². The Morgan fingerprint density at radius 3 is 2.59 bits per heavy atom. The van der Waals surface area contributed by atoms with Crippen molar-refractivity contribution in [1.82, 2.24) is 9.88 Å². The fourth-order valence-corrected chi connectivity index (χ4v) is 3.75. The van der Waals surface area contributed by atoms with Gasteiger partial charge in [-0.05, 0) is 49.9 Å². The molecule has 1 saturated heterocycles. The molecular formula is C21H26N4O4. The number of carbonyl (C=O) groups is 2. The van der Waals surface area contributed by atoms with Crippen LogP contribution < -0.4 is 11.1 Å². The molecule has 8 heteroatoms. The third-order valence-electron chi connectivity index (χ3n) is 5.26. The zero-order valence-corrected chi connectivity index (χ0v) is 16.2. The highest BCUT2D eigenvalue weighted by atomic mass is 16.4. The van der Waals surface area contributed by atoms with Gasteiger partial charge in [0.15, 0.2) is 0 Å². The number of amides is 2. The first kappa shape index (κ1) is 20.8. The van der Waals surface area contributed by atoms with Crippen molar-refractivity contribution in [2.24, 2.45) is 5.73 Å². The second-order valence-electron chi connectivity index (χ2n) is 7.40. The number of carbonyl (C=O) groups excluding carboxylic acids is 1. The number of hydrogen-bond donors (Lipinski definition) is 4. The molecule has 1 aliphatic rings. The quantitative estimate of drug-likeness (QED) is 0.590. The number of aliphatic hydroxyl groups excluding tert-OH is 1. The second-order valence-corrected chi connectivity index (χ2v) is 7.40. The normalized spacial score (nSPS) is 20.9. The van der Waals surface area contributed by atoms with Crippen LogP contribution in [0.4, 0.5) is 10.5 Å². The fraction of sp³-hybridized carbons (Fsp3) is 0.381. The van der Waals surface area contributed by atoms with Gasteiger partial charge in [-0.1, -0.05) is 18.2 Å². The molecule has 1 unspecified atom stereocenters. The Morgan fingerprint density at radius 2 is 2.00 bits per heavy atom. The highest BCUT2D eigenvalue weighted by Crippen LogP contribution is 2.34. The van der Waals surface area contributed by atoms with Gasteiger partial charge in [0, 0.05) is 29.7 Å². The molecule has 0 spiro atoms. The molecule has 1 aliphatic heterocycles. The minimum Gasteiger partial charge on any atom is -0.465 e. The van der Waals surface area contributed by atoms with E-state index in [1.807, 2.05) is 12.1 Å². The molecule has 0 aliphatic carbocycles. The smallest absolute Gasteiger partial charge is 0.407 e. The fourth-order valence-electron chi connectivity index (χ4n) is 3.75. The van der Waals surface area contributed by atoms with E-state index in [1.165, 1.54) is 4.90 Å². The van der Waals surface area contributed by atoms with Gasteiger partial charge in [-0.25, -0.2) is 4.79 Å². The molecule has 0 saturated carbocycles. The number of hydrogen-bond acceptors (Lipinski definition) is 5. The van der Waals surface area contributed by atoms with E-state index >= 15 is 0 Å². The lowest BCUT2D eigenvalue weighted by Gasteiger charge is -2.30. The molecule has 5 N–H and O–H groups in total. The van der Waals surface area contributed by atoms with Crippen molar-refractivity contribution < 1.29 is 19.8 Å². The van der Waals surface area contributed by atoms with Crippen LogP contribution in [0.2, 0.25) is 0 Å². The van der Waals surface area contributed by atoms with Gasteiger partial charge in [0.05, 0.1) is 12.1 Å². The summed E-state index contributed by atoms with van der Waals surface area (Å²) in [7, 11) is 0. The molecule has 8 nitrogen and oxygen atoms in total. The Bertz CT molecular complexity index is 842. The first-order valence-corrected chi connectivity index (χ1v) is 9.61. The number of aliphatic hydroxyl groups is 1. The summed E-state index contributed by atoms with van der Waals surface area (Å²) in [6.07, 6.45) is 3.00. The van der Waals surface area contributed by atoms with Crippen LogP contribution >= 0.6 is 0 Å². The highest BCUT2D eigenvalue weighted by Gasteiger charge is 2.41. The lowest BCUT2D eigenvalue weighted by atomic mass is 10.0. The lowest BCUT2D eigenvalue weighted by Crippen LogP contribution is -2.44. The minimum atomic E-state index is -1.04. The van der Waals surface area contributed by atoms with Crippen LogP contribution in [-0.2, 0) is 11.2 Å². The van der Waals surface area contributed by atoms with Gasteiger partial charge in [0.25, 0.3) is 0 Å². The van der Waals surface area contributed by atoms with E-state index in [0.29, 0.717) is 30.5 Å². The Morgan fingerprint density at radius 1 is 1.28 bits per heavy atom. The van der Waals surface area contributed by atoms with Crippen molar-refractivity contribution in [2.75, 3.05) is 5.32 Å². The maximum Gasteiger partial charge on any atom is 0.407 e. The topological polar surface area (TPSA) is 129 Å². The Hall–Kier alpha value is -2.97. The predicted molar refractivity (Wildman–Crippen MR) is 108 cm³/mol. The number of anilines is 1. The molecule has 29 heavy (non-hydrogen) atoms. The van der Waals surface area contributed by atoms with Crippen LogP contribution in [0.1, 0.15) is 37.0 Å². The van der Waals surface area contributed by atoms with E-state index in [1.54, 1.807) is 43.6 Å². The molecule has 0 bridgehead atoms. The van der Waals surface area contributed by atoms with Crippen LogP contribution in [0, 0.1) is 0 Å². The lowest BCUT2D eigenvalue weighted by molar-refractivity contribution is -0.117. The van der Waals surface area contributed by atoms with Gasteiger partial charge in [0.1, 0.15) is 6.10 Å². The van der Waals surface area contributed by atoms with Crippen LogP contribution in [0.5, 0.6) is 0 Å². The Balaban J connectivity index is 1.69. The van der Waals surface area contributed by atoms with Crippen molar-refractivity contribution >= 4 is 17.7 Å². The largest absolute Gasteiger partial charge is 0.465 e. The van der Waals surface area contributed by atoms with Crippen molar-refractivity contribution in [2.45, 2.75) is 50.4 Å². The molecular weight excluding hydrogens is 372 g/mol. The van der Waals surface area contributed by atoms with Crippen LogP contribution in [-0.4, -0.2) is 50.2 Å². The molecule has 0 radical (unpaired) electrons. The number of nitrogens with two attached hydrogens (primary N) is 1. The SMILES string of the molecule is C[C@H](N)C(=O)Nc1ccc(C[C@@H]2CC[C@H](C(O)c3cccnc3)N2C(=O)O)cc1. The highest BCUT2D eigenvalue weighted by molar-refractivity contribution is 5.94. The first-order chi connectivity index (χ1) is 13.9. The summed E-state index contributed by atoms with van der Waals surface area (Å²) in [6, 6.07) is 9.42. The third kappa shape index (κ3) is 4.90. The minimum absolute atomic E-state index is 0.228. The number of likely N-dealkylation sites (tertiary alicyclic amines) is 1. The van der Waals surface area contributed by atoms with Crippen LogP contribution in [0.15, 0.2) is 48.8 Å². The maximum absolute atomic E-state index is 11.9. The van der Waals surface area contributed by atoms with Gasteiger partial charge < -0.3 is 21.3 Å². The monoisotopic (exact) mass is 398 g/mol. The Labute approximate surface area is 169 Å². The summed E-state index contributed by atoms with van der Waals surface area (Å²) in [5.74, 6) is -0.266. The standard InChI is InChI=1S/C21H26N4O4/c1-13(22)20(27)24-16-6-4-14(5-7-16)11-17-8-9-18(25(17)21(28)29)19(26)15-3-2-10-23-12-15/h2-7,10,12-13,17-19,26H,8-9,11,22H2,1H3,(H,24,27)(H,28,29)/t13-,17-,18+,19?/m0/s1. The van der Waals surface area contributed by atoms with E-state index in [-0.39, 0.29) is 11.9 Å². The maximum atomic E-state index is 11.9. The number of benzene rings is 1. The van der Waals surface area contributed by atoms with Gasteiger partial charge >= 0.3 is 6.09 Å². The number of nitrogens with one attached hydrogen (secondary N) is 1. The summed E-state index contributed by atoms with van der Waals surface area (Å²) in [4.78, 5) is 29.0. The number of nitrogens with zero attached hydrogens (tertiary/aromatic N) is 2. The van der Waals surface area contributed by atoms with E-state index in [2.05, 4.69) is 10.3 Å². The first-order valence-electron chi connectivity index (χ1n) is 9.61.